The summed E-state index contributed by atoms with van der Waals surface area (Å²) in [5.41, 5.74) is 6.19. The van der Waals surface area contributed by atoms with Gasteiger partial charge in [-0.1, -0.05) is 24.3 Å². The van der Waals surface area contributed by atoms with E-state index in [-0.39, 0.29) is 53.3 Å². The molecular weight excluding hydrogens is 1070 g/mol. The molecule has 5 fully saturated rings. The van der Waals surface area contributed by atoms with Gasteiger partial charge in [0.2, 0.25) is 11.8 Å². The molecular formula is C59H70N12O10S. The van der Waals surface area contributed by atoms with Gasteiger partial charge in [0.15, 0.2) is 22.3 Å². The summed E-state index contributed by atoms with van der Waals surface area (Å²) < 4.78 is 59.9. The number of amides is 1. The second-order valence-corrected chi connectivity index (χ2v) is 24.8. The maximum absolute atomic E-state index is 14.7. The van der Waals surface area contributed by atoms with Gasteiger partial charge in [0.25, 0.3) is 15.9 Å². The van der Waals surface area contributed by atoms with Crippen LogP contribution in [0.5, 0.6) is 17.5 Å². The highest BCUT2D eigenvalue weighted by Crippen LogP contribution is 2.54. The number of hydrogen-bond donors (Lipinski definition) is 3. The highest BCUT2D eigenvalue weighted by atomic mass is 32.2. The molecule has 4 saturated heterocycles. The van der Waals surface area contributed by atoms with E-state index in [1.54, 1.807) is 19.4 Å². The van der Waals surface area contributed by atoms with Gasteiger partial charge in [0.05, 0.1) is 55.2 Å². The summed E-state index contributed by atoms with van der Waals surface area (Å²) in [7, 11) is -3.07. The minimum absolute atomic E-state index is 0.000953. The van der Waals surface area contributed by atoms with Crippen LogP contribution in [-0.4, -0.2) is 160 Å². The van der Waals surface area contributed by atoms with Crippen molar-refractivity contribution in [3.8, 4) is 17.5 Å². The number of sulfonamides is 1. The average Bonchev–Trinajstić information content (AvgIpc) is 4.12. The molecule has 1 saturated carbocycles. The van der Waals surface area contributed by atoms with Crippen LogP contribution in [0.25, 0.3) is 11.0 Å². The highest BCUT2D eigenvalue weighted by Gasteiger charge is 2.50. The zero-order valence-electron chi connectivity index (χ0n) is 46.6. The number of methoxy groups -OCH3 is 1. The Morgan fingerprint density at radius 2 is 1.70 bits per heavy atom. The first-order valence-corrected chi connectivity index (χ1v) is 30.2. The van der Waals surface area contributed by atoms with Crippen LogP contribution in [-0.2, 0) is 26.0 Å². The molecule has 432 valence electrons. The van der Waals surface area contributed by atoms with Gasteiger partial charge in [0, 0.05) is 101 Å². The topological polar surface area (TPSA) is 235 Å². The summed E-state index contributed by atoms with van der Waals surface area (Å²) in [6, 6.07) is 21.6. The largest absolute Gasteiger partial charge is 0.493 e. The summed E-state index contributed by atoms with van der Waals surface area (Å²) >= 11 is 0. The number of aromatic amines is 1. The number of anilines is 5. The SMILES string of the molecule is COc1cc(CN2CCN(C3CC4(CCN(c5ccc(C(=O)NS(=O)(=O)c6cc([N+](=O)[O-])c7c(n6)OC[C@@H](C6CCOCC6)N7)c(N6C[C@H](C)Oc7nc8[nH]ccc8cc76)c5)CC4)C3)[C@@H](c3ccccc3C)C2)cnc1N1CCOCC1. The molecule has 0 radical (unpaired) electrons. The molecule has 3 N–H and O–H groups in total. The number of morpholine rings is 1. The number of nitrogens with one attached hydrogen (secondary N) is 3. The van der Waals surface area contributed by atoms with Crippen LogP contribution in [0.1, 0.15) is 78.5 Å². The summed E-state index contributed by atoms with van der Waals surface area (Å²) in [6.07, 6.45) is 9.20. The standard InChI is InChI=1S/C59H70N12O10S/c1-37-6-4-5-7-44(37)50-35-66(34-39-26-51(77-3)55(61-32-39)68-20-24-79-25-21-68)18-19-69(50)43-30-59(31-43)13-16-67(17-14-59)42-8-9-45(47(28-42)70-33-38(2)81-57-49(70)27-41-10-15-60-54(41)64-57)56(72)65-82(75,76)52-29-48(71(73)74)53-58(63-52)80-36-46(62-53)40-11-22-78-23-12-40/h4-10,15,26-29,32,38,40,43,46,50,62H,11-14,16-25,30-31,33-36H2,1-3H3,(H,60,64)(H,65,72)/t38-,46-,50+/m0/s1. The van der Waals surface area contributed by atoms with Crippen molar-refractivity contribution in [2.24, 2.45) is 11.3 Å². The van der Waals surface area contributed by atoms with E-state index in [4.69, 9.17) is 33.7 Å². The Kier molecular flexibility index (Phi) is 14.6. The molecule has 82 heavy (non-hydrogen) atoms. The zero-order chi connectivity index (χ0) is 56.3. The van der Waals surface area contributed by atoms with E-state index in [1.165, 1.54) is 11.1 Å². The number of fused-ring (bicyclic) bond motifs is 3. The Balaban J connectivity index is 0.728. The van der Waals surface area contributed by atoms with Crippen LogP contribution in [0.15, 0.2) is 84.1 Å². The quantitative estimate of drug-likeness (QED) is 0.0757. The monoisotopic (exact) mass is 1140 g/mol. The van der Waals surface area contributed by atoms with E-state index in [0.29, 0.717) is 61.9 Å². The third kappa shape index (κ3) is 10.5. The number of carbonyl (C=O) groups excluding carboxylic acids is 1. The number of carbonyl (C=O) groups is 1. The van der Waals surface area contributed by atoms with Gasteiger partial charge in [-0.05, 0) is 117 Å². The summed E-state index contributed by atoms with van der Waals surface area (Å²) in [5.74, 6) is 1.03. The maximum atomic E-state index is 14.7. The lowest BCUT2D eigenvalue weighted by atomic mass is 9.59. The number of nitrogens with zero attached hydrogens (tertiary/aromatic N) is 9. The Labute approximate surface area is 476 Å². The van der Waals surface area contributed by atoms with Gasteiger partial charge in [-0.25, -0.2) is 9.71 Å². The van der Waals surface area contributed by atoms with Crippen molar-refractivity contribution in [2.45, 2.75) is 88.2 Å². The third-order valence-corrected chi connectivity index (χ3v) is 19.3. The number of H-pyrrole nitrogens is 1. The van der Waals surface area contributed by atoms with Crippen molar-refractivity contribution in [1.29, 1.82) is 0 Å². The van der Waals surface area contributed by atoms with Crippen molar-refractivity contribution in [3.05, 3.63) is 111 Å². The molecule has 3 atom stereocenters. The second-order valence-electron chi connectivity index (χ2n) is 23.2. The Morgan fingerprint density at radius 3 is 2.48 bits per heavy atom. The number of ether oxygens (including phenoxy) is 5. The van der Waals surface area contributed by atoms with E-state index in [0.717, 1.165) is 125 Å². The van der Waals surface area contributed by atoms with E-state index in [9.17, 15) is 23.3 Å². The van der Waals surface area contributed by atoms with Gasteiger partial charge in [-0.15, -0.1) is 0 Å². The number of aromatic nitrogens is 4. The van der Waals surface area contributed by atoms with Gasteiger partial charge >= 0.3 is 5.69 Å². The fraction of sp³-hybridized carbons (Fsp3) is 0.492. The van der Waals surface area contributed by atoms with Crippen molar-refractivity contribution in [2.75, 3.05) is 113 Å². The smallest absolute Gasteiger partial charge is 0.300 e. The van der Waals surface area contributed by atoms with Crippen LogP contribution in [0.4, 0.5) is 34.3 Å². The number of hydrogen-bond acceptors (Lipinski definition) is 19. The molecule has 0 unspecified atom stereocenters. The number of rotatable bonds is 13. The lowest BCUT2D eigenvalue weighted by Crippen LogP contribution is -2.59. The molecule has 1 spiro atoms. The van der Waals surface area contributed by atoms with Crippen molar-refractivity contribution >= 4 is 61.2 Å². The summed E-state index contributed by atoms with van der Waals surface area (Å²) in [5, 5.41) is 15.8. The molecule has 0 bridgehead atoms. The first-order chi connectivity index (χ1) is 39.8. The molecule has 23 heteroatoms. The first kappa shape index (κ1) is 54.0. The van der Waals surface area contributed by atoms with Gasteiger partial charge < -0.3 is 48.7 Å². The van der Waals surface area contributed by atoms with Gasteiger partial charge in [-0.2, -0.15) is 18.4 Å². The number of piperazine rings is 1. The zero-order valence-corrected chi connectivity index (χ0v) is 47.4. The molecule has 10 heterocycles. The average molecular weight is 1140 g/mol. The van der Waals surface area contributed by atoms with Gasteiger partial charge in [0.1, 0.15) is 24.0 Å². The molecule has 2 aromatic carbocycles. The number of piperidine rings is 1. The highest BCUT2D eigenvalue weighted by molar-refractivity contribution is 7.90. The van der Waals surface area contributed by atoms with E-state index >= 15 is 0 Å². The second kappa shape index (κ2) is 22.1. The first-order valence-electron chi connectivity index (χ1n) is 28.7. The fourth-order valence-corrected chi connectivity index (χ4v) is 14.6. The van der Waals surface area contributed by atoms with Crippen LogP contribution < -0.4 is 38.9 Å². The van der Waals surface area contributed by atoms with Gasteiger partial charge in [-0.3, -0.25) is 24.7 Å². The maximum Gasteiger partial charge on any atom is 0.300 e. The molecule has 1 amide bonds. The van der Waals surface area contributed by atoms with Crippen LogP contribution in [0, 0.1) is 28.4 Å². The van der Waals surface area contributed by atoms with E-state index < -0.39 is 31.6 Å². The molecule has 6 aliphatic heterocycles. The molecule has 1 aliphatic carbocycles. The van der Waals surface area contributed by atoms with Crippen molar-refractivity contribution in [3.63, 3.8) is 0 Å². The number of pyridine rings is 3. The van der Waals surface area contributed by atoms with E-state index in [2.05, 4.69) is 76.9 Å². The van der Waals surface area contributed by atoms with Crippen LogP contribution >= 0.6 is 0 Å². The lowest BCUT2D eigenvalue weighted by molar-refractivity contribution is -0.384. The molecule has 7 aliphatic rings. The Hall–Kier alpha value is -7.31. The number of nitro groups is 1. The summed E-state index contributed by atoms with van der Waals surface area (Å²) in [6.45, 7) is 13.9. The molecule has 22 nitrogen and oxygen atoms in total. The van der Waals surface area contributed by atoms with Crippen molar-refractivity contribution in [1.82, 2.24) is 34.5 Å². The predicted molar refractivity (Wildman–Crippen MR) is 308 cm³/mol. The normalized spacial score (nSPS) is 22.6. The fourth-order valence-electron chi connectivity index (χ4n) is 13.7. The minimum Gasteiger partial charge on any atom is -0.493 e. The molecule has 4 aromatic heterocycles. The summed E-state index contributed by atoms with van der Waals surface area (Å²) in [4.78, 5) is 55.5. The van der Waals surface area contributed by atoms with Crippen molar-refractivity contribution < 1.29 is 41.8 Å². The number of benzene rings is 2. The minimum atomic E-state index is -4.79. The Morgan fingerprint density at radius 1 is 0.902 bits per heavy atom. The Bertz CT molecular complexity index is 3500. The number of aryl methyl sites for hydroxylation is 1. The lowest BCUT2D eigenvalue weighted by Gasteiger charge is -2.58. The third-order valence-electron chi connectivity index (χ3n) is 18.1. The predicted octanol–water partition coefficient (Wildman–Crippen LogP) is 7.36. The van der Waals surface area contributed by atoms with Crippen LogP contribution in [0.2, 0.25) is 0 Å². The van der Waals surface area contributed by atoms with Crippen LogP contribution in [0.3, 0.4) is 0 Å². The molecule has 13 rings (SSSR count). The molecule has 6 aromatic rings. The van der Waals surface area contributed by atoms with E-state index in [1.807, 2.05) is 42.3 Å².